The van der Waals surface area contributed by atoms with Crippen LogP contribution in [0.3, 0.4) is 0 Å². The van der Waals surface area contributed by atoms with Gasteiger partial charge in [-0.05, 0) is 48.7 Å². The summed E-state index contributed by atoms with van der Waals surface area (Å²) in [5.41, 5.74) is 1.48. The van der Waals surface area contributed by atoms with Crippen LogP contribution >= 0.6 is 11.3 Å². The van der Waals surface area contributed by atoms with Crippen LogP contribution in [0, 0.1) is 0 Å². The molecule has 1 atom stereocenters. The van der Waals surface area contributed by atoms with Gasteiger partial charge in [0.05, 0.1) is 45.8 Å². The number of fused-ring (bicyclic) bond motifs is 1. The summed E-state index contributed by atoms with van der Waals surface area (Å²) in [7, 11) is 6.28. The molecule has 1 aliphatic rings. The molecule has 8 nitrogen and oxygen atoms in total. The van der Waals surface area contributed by atoms with Gasteiger partial charge in [-0.2, -0.15) is 0 Å². The molecular formula is C25H28N2O6S. The molecule has 1 unspecified atom stereocenters. The molecule has 9 heteroatoms. The molecule has 34 heavy (non-hydrogen) atoms. The Hall–Kier alpha value is -3.30. The number of rotatable bonds is 9. The monoisotopic (exact) mass is 484 g/mol. The summed E-state index contributed by atoms with van der Waals surface area (Å²) in [5.74, 6) is 2.02. The van der Waals surface area contributed by atoms with Gasteiger partial charge in [-0.25, -0.2) is 4.98 Å². The van der Waals surface area contributed by atoms with Crippen LogP contribution in [0.2, 0.25) is 0 Å². The Balaban J connectivity index is 1.66. The number of carbonyl (C=O) groups is 1. The summed E-state index contributed by atoms with van der Waals surface area (Å²) in [4.78, 5) is 19.8. The first-order valence-corrected chi connectivity index (χ1v) is 11.7. The normalized spacial score (nSPS) is 15.6. The third kappa shape index (κ3) is 4.95. The van der Waals surface area contributed by atoms with Crippen molar-refractivity contribution in [3.63, 3.8) is 0 Å². The van der Waals surface area contributed by atoms with E-state index >= 15 is 0 Å². The third-order valence-corrected chi connectivity index (χ3v) is 6.65. The molecule has 1 aromatic heterocycles. The first-order chi connectivity index (χ1) is 16.6. The molecule has 4 rings (SSSR count). The first kappa shape index (κ1) is 23.8. The summed E-state index contributed by atoms with van der Waals surface area (Å²) >= 11 is 1.45. The topological polar surface area (TPSA) is 79.4 Å². The number of carbonyl (C=O) groups excluding carboxylic acids is 1. The molecule has 1 saturated heterocycles. The van der Waals surface area contributed by atoms with E-state index in [4.69, 9.17) is 28.7 Å². The van der Waals surface area contributed by atoms with Gasteiger partial charge in [-0.15, -0.1) is 0 Å². The van der Waals surface area contributed by atoms with Gasteiger partial charge in [-0.1, -0.05) is 17.4 Å². The number of ether oxygens (including phenoxy) is 5. The molecule has 0 spiro atoms. The van der Waals surface area contributed by atoms with Gasteiger partial charge in [-0.3, -0.25) is 9.69 Å². The predicted molar refractivity (Wildman–Crippen MR) is 133 cm³/mol. The number of hydrogen-bond acceptors (Lipinski definition) is 8. The summed E-state index contributed by atoms with van der Waals surface area (Å²) in [6, 6.07) is 9.33. The molecule has 0 bridgehead atoms. The molecule has 3 aromatic rings. The molecule has 0 aliphatic carbocycles. The standard InChI is InChI=1S/C25H28N2O6S/c1-29-18-8-5-9-21-23(18)26-25(34-21)27(15-17-7-6-12-33-17)22(28)11-10-16-13-19(30-2)24(32-4)20(14-16)31-3/h5,8-11,13-14,17H,6-7,12,15H2,1-4H3/b11-10+. The van der Waals surface area contributed by atoms with Crippen LogP contribution in [-0.2, 0) is 9.53 Å². The number of amides is 1. The molecule has 0 saturated carbocycles. The fourth-order valence-corrected chi connectivity index (χ4v) is 4.90. The van der Waals surface area contributed by atoms with Crippen LogP contribution < -0.4 is 23.8 Å². The lowest BCUT2D eigenvalue weighted by Crippen LogP contribution is -2.36. The maximum atomic E-state index is 13.4. The molecule has 2 heterocycles. The van der Waals surface area contributed by atoms with Crippen LogP contribution in [0.4, 0.5) is 5.13 Å². The van der Waals surface area contributed by atoms with Gasteiger partial charge in [0.2, 0.25) is 5.75 Å². The Morgan fingerprint density at radius 2 is 1.85 bits per heavy atom. The highest BCUT2D eigenvalue weighted by atomic mass is 32.1. The Morgan fingerprint density at radius 1 is 1.12 bits per heavy atom. The third-order valence-electron chi connectivity index (χ3n) is 5.60. The van der Waals surface area contributed by atoms with Crippen LogP contribution in [0.15, 0.2) is 36.4 Å². The molecule has 180 valence electrons. The van der Waals surface area contributed by atoms with Gasteiger partial charge in [0.25, 0.3) is 5.91 Å². The minimum Gasteiger partial charge on any atom is -0.494 e. The van der Waals surface area contributed by atoms with Crippen LogP contribution in [-0.4, -0.2) is 58.6 Å². The van der Waals surface area contributed by atoms with Crippen molar-refractivity contribution in [2.75, 3.05) is 46.5 Å². The molecule has 2 aromatic carbocycles. The summed E-state index contributed by atoms with van der Waals surface area (Å²) < 4.78 is 28.4. The largest absolute Gasteiger partial charge is 0.494 e. The molecular weight excluding hydrogens is 456 g/mol. The van der Waals surface area contributed by atoms with E-state index in [0.717, 1.165) is 28.6 Å². The molecule has 1 amide bonds. The van der Waals surface area contributed by atoms with Gasteiger partial charge in [0.15, 0.2) is 16.6 Å². The zero-order chi connectivity index (χ0) is 24.1. The molecule has 0 N–H and O–H groups in total. The number of anilines is 1. The van der Waals surface area contributed by atoms with Crippen molar-refractivity contribution in [3.05, 3.63) is 42.0 Å². The highest BCUT2D eigenvalue weighted by Crippen LogP contribution is 2.39. The second kappa shape index (κ2) is 10.8. The van der Waals surface area contributed by atoms with E-state index in [9.17, 15) is 4.79 Å². The van der Waals surface area contributed by atoms with Gasteiger partial charge in [0, 0.05) is 12.7 Å². The maximum Gasteiger partial charge on any atom is 0.252 e. The van der Waals surface area contributed by atoms with Crippen molar-refractivity contribution in [1.82, 2.24) is 4.98 Å². The summed E-state index contributed by atoms with van der Waals surface area (Å²) in [5, 5.41) is 0.606. The summed E-state index contributed by atoms with van der Waals surface area (Å²) in [6.45, 7) is 1.14. The lowest BCUT2D eigenvalue weighted by Gasteiger charge is -2.21. The van der Waals surface area contributed by atoms with E-state index in [0.29, 0.717) is 41.3 Å². The fraction of sp³-hybridized carbons (Fsp3) is 0.360. The Kier molecular flexibility index (Phi) is 7.54. The average Bonchev–Trinajstić information content (AvgIpc) is 3.54. The van der Waals surface area contributed by atoms with Crippen molar-refractivity contribution >= 4 is 38.7 Å². The van der Waals surface area contributed by atoms with Crippen molar-refractivity contribution in [2.24, 2.45) is 0 Å². The van der Waals surface area contributed by atoms with Gasteiger partial charge < -0.3 is 23.7 Å². The zero-order valence-corrected chi connectivity index (χ0v) is 20.5. The molecule has 1 aliphatic heterocycles. The number of nitrogens with zero attached hydrogens (tertiary/aromatic N) is 2. The van der Waals surface area contributed by atoms with Crippen LogP contribution in [0.25, 0.3) is 16.3 Å². The van der Waals surface area contributed by atoms with E-state index in [-0.39, 0.29) is 12.0 Å². The number of benzene rings is 2. The van der Waals surface area contributed by atoms with E-state index in [1.54, 1.807) is 51.5 Å². The predicted octanol–water partition coefficient (Wildman–Crippen LogP) is 4.56. The van der Waals surface area contributed by atoms with E-state index in [1.807, 2.05) is 18.2 Å². The van der Waals surface area contributed by atoms with Crippen molar-refractivity contribution in [1.29, 1.82) is 0 Å². The minimum absolute atomic E-state index is 0.0209. The van der Waals surface area contributed by atoms with E-state index in [1.165, 1.54) is 17.4 Å². The van der Waals surface area contributed by atoms with Crippen molar-refractivity contribution in [2.45, 2.75) is 18.9 Å². The zero-order valence-electron chi connectivity index (χ0n) is 19.7. The van der Waals surface area contributed by atoms with E-state index in [2.05, 4.69) is 0 Å². The molecule has 0 radical (unpaired) electrons. The minimum atomic E-state index is -0.192. The van der Waals surface area contributed by atoms with Crippen LogP contribution in [0.1, 0.15) is 18.4 Å². The van der Waals surface area contributed by atoms with Gasteiger partial charge in [0.1, 0.15) is 11.3 Å². The number of aromatic nitrogens is 1. The second-order valence-electron chi connectivity index (χ2n) is 7.68. The average molecular weight is 485 g/mol. The Bertz CT molecular complexity index is 1160. The first-order valence-electron chi connectivity index (χ1n) is 10.9. The highest BCUT2D eigenvalue weighted by Gasteiger charge is 2.25. The quantitative estimate of drug-likeness (QED) is 0.412. The number of thiazole rings is 1. The summed E-state index contributed by atoms with van der Waals surface area (Å²) in [6.07, 6.45) is 5.13. The second-order valence-corrected chi connectivity index (χ2v) is 8.69. The number of para-hydroxylation sites is 1. The lowest BCUT2D eigenvalue weighted by atomic mass is 10.1. The van der Waals surface area contributed by atoms with E-state index < -0.39 is 0 Å². The smallest absolute Gasteiger partial charge is 0.252 e. The van der Waals surface area contributed by atoms with Crippen molar-refractivity contribution < 1.29 is 28.5 Å². The molecule has 1 fully saturated rings. The highest BCUT2D eigenvalue weighted by molar-refractivity contribution is 7.22. The number of hydrogen-bond donors (Lipinski definition) is 0. The van der Waals surface area contributed by atoms with Crippen molar-refractivity contribution in [3.8, 4) is 23.0 Å². The lowest BCUT2D eigenvalue weighted by molar-refractivity contribution is -0.114. The van der Waals surface area contributed by atoms with Gasteiger partial charge >= 0.3 is 0 Å². The Morgan fingerprint density at radius 3 is 2.47 bits per heavy atom. The maximum absolute atomic E-state index is 13.4. The van der Waals surface area contributed by atoms with Crippen LogP contribution in [0.5, 0.6) is 23.0 Å². The fourth-order valence-electron chi connectivity index (χ4n) is 3.90. The number of methoxy groups -OCH3 is 4. The SMILES string of the molecule is COc1cc(/C=C/C(=O)N(CC2CCCO2)c2nc3c(OC)cccc3s2)cc(OC)c1OC. The Labute approximate surface area is 202 Å².